The summed E-state index contributed by atoms with van der Waals surface area (Å²) in [6, 6.07) is 3.47. The number of carbonyl (C=O) groups excluding carboxylic acids is 1. The molecule has 21 heavy (non-hydrogen) atoms. The normalized spacial score (nSPS) is 15.5. The van der Waals surface area contributed by atoms with Gasteiger partial charge in [0.15, 0.2) is 0 Å². The third-order valence-electron chi connectivity index (χ3n) is 3.33. The highest BCUT2D eigenvalue weighted by Gasteiger charge is 2.32. The highest BCUT2D eigenvalue weighted by atomic mass is 32.2. The molecule has 0 radical (unpaired) electrons. The number of nitrogens with zero attached hydrogens (tertiary/aromatic N) is 1. The topological polar surface area (TPSA) is 74.7 Å². The Labute approximate surface area is 124 Å². The Bertz CT molecular complexity index is 601. The number of rotatable bonds is 6. The van der Waals surface area contributed by atoms with Gasteiger partial charge in [0.05, 0.1) is 16.4 Å². The lowest BCUT2D eigenvalue weighted by molar-refractivity contribution is -0.128. The molecule has 1 aromatic carbocycles. The monoisotopic (exact) mass is 313 g/mol. The molecule has 114 valence electrons. The number of amides is 1. The predicted octanol–water partition coefficient (Wildman–Crippen LogP) is 1.64. The summed E-state index contributed by atoms with van der Waals surface area (Å²) in [6.45, 7) is 2.42. The molecule has 0 saturated heterocycles. The second-order valence-electron chi connectivity index (χ2n) is 4.85. The SMILES string of the molecule is CCN(C(=O)CS(=O)c1ccc(F)c(C(=O)O)c1)C1CC1. The summed E-state index contributed by atoms with van der Waals surface area (Å²) in [5, 5.41) is 8.85. The van der Waals surface area contributed by atoms with Crippen LogP contribution in [0.15, 0.2) is 23.1 Å². The van der Waals surface area contributed by atoms with Gasteiger partial charge in [0.2, 0.25) is 5.91 Å². The molecule has 1 aromatic rings. The summed E-state index contributed by atoms with van der Waals surface area (Å²) in [5.41, 5.74) is -0.539. The highest BCUT2D eigenvalue weighted by molar-refractivity contribution is 7.85. The van der Waals surface area contributed by atoms with E-state index in [1.807, 2.05) is 6.92 Å². The molecule has 0 heterocycles. The molecule has 2 rings (SSSR count). The summed E-state index contributed by atoms with van der Waals surface area (Å²) >= 11 is 0. The maximum atomic E-state index is 13.3. The summed E-state index contributed by atoms with van der Waals surface area (Å²) in [4.78, 5) is 24.8. The Balaban J connectivity index is 2.11. The van der Waals surface area contributed by atoms with Gasteiger partial charge in [-0.25, -0.2) is 9.18 Å². The van der Waals surface area contributed by atoms with E-state index < -0.39 is 28.1 Å². The largest absolute Gasteiger partial charge is 0.478 e. The lowest BCUT2D eigenvalue weighted by atomic mass is 10.2. The summed E-state index contributed by atoms with van der Waals surface area (Å²) < 4.78 is 25.4. The lowest BCUT2D eigenvalue weighted by Gasteiger charge is -2.20. The van der Waals surface area contributed by atoms with E-state index in [1.54, 1.807) is 4.90 Å². The van der Waals surface area contributed by atoms with Crippen molar-refractivity contribution in [2.24, 2.45) is 0 Å². The Morgan fingerprint density at radius 3 is 2.62 bits per heavy atom. The predicted molar refractivity (Wildman–Crippen MR) is 75.0 cm³/mol. The number of carbonyl (C=O) groups is 2. The molecule has 1 aliphatic rings. The number of hydrogen-bond acceptors (Lipinski definition) is 3. The fourth-order valence-electron chi connectivity index (χ4n) is 2.11. The van der Waals surface area contributed by atoms with E-state index >= 15 is 0 Å². The van der Waals surface area contributed by atoms with Crippen molar-refractivity contribution in [2.45, 2.75) is 30.7 Å². The molecule has 7 heteroatoms. The molecule has 0 spiro atoms. The van der Waals surface area contributed by atoms with Crippen LogP contribution in [0.1, 0.15) is 30.1 Å². The second-order valence-corrected chi connectivity index (χ2v) is 6.30. The minimum absolute atomic E-state index is 0.147. The van der Waals surface area contributed by atoms with Crippen LogP contribution in [0, 0.1) is 5.82 Å². The molecular weight excluding hydrogens is 297 g/mol. The molecule has 1 N–H and O–H groups in total. The van der Waals surface area contributed by atoms with Crippen LogP contribution in [0.5, 0.6) is 0 Å². The Kier molecular flexibility index (Phi) is 4.72. The smallest absolute Gasteiger partial charge is 0.338 e. The minimum Gasteiger partial charge on any atom is -0.478 e. The van der Waals surface area contributed by atoms with Gasteiger partial charge < -0.3 is 10.0 Å². The number of carboxylic acid groups (broad SMARTS) is 1. The number of hydrogen-bond donors (Lipinski definition) is 1. The number of benzene rings is 1. The molecule has 1 unspecified atom stereocenters. The van der Waals surface area contributed by atoms with Crippen molar-refractivity contribution in [3.63, 3.8) is 0 Å². The van der Waals surface area contributed by atoms with Crippen LogP contribution < -0.4 is 0 Å². The minimum atomic E-state index is -1.68. The third kappa shape index (κ3) is 3.66. The van der Waals surface area contributed by atoms with E-state index in [-0.39, 0.29) is 22.6 Å². The van der Waals surface area contributed by atoms with Gasteiger partial charge in [-0.2, -0.15) is 0 Å². The van der Waals surface area contributed by atoms with Crippen molar-refractivity contribution in [2.75, 3.05) is 12.3 Å². The van der Waals surface area contributed by atoms with Crippen LogP contribution in [0.25, 0.3) is 0 Å². The quantitative estimate of drug-likeness (QED) is 0.866. The maximum Gasteiger partial charge on any atom is 0.338 e. The number of halogens is 1. The average molecular weight is 313 g/mol. The summed E-state index contributed by atoms with van der Waals surface area (Å²) in [6.07, 6.45) is 1.93. The Hall–Kier alpha value is -1.76. The van der Waals surface area contributed by atoms with Crippen LogP contribution in [-0.4, -0.2) is 44.4 Å². The van der Waals surface area contributed by atoms with Crippen molar-refractivity contribution in [1.82, 2.24) is 4.90 Å². The van der Waals surface area contributed by atoms with Crippen molar-refractivity contribution < 1.29 is 23.3 Å². The van der Waals surface area contributed by atoms with Crippen LogP contribution in [0.3, 0.4) is 0 Å². The zero-order chi connectivity index (χ0) is 15.6. The van der Waals surface area contributed by atoms with Gasteiger partial charge >= 0.3 is 5.97 Å². The lowest BCUT2D eigenvalue weighted by Crippen LogP contribution is -2.36. The van der Waals surface area contributed by atoms with Crippen molar-refractivity contribution in [1.29, 1.82) is 0 Å². The molecule has 5 nitrogen and oxygen atoms in total. The average Bonchev–Trinajstić information content (AvgIpc) is 3.24. The molecule has 1 fully saturated rings. The first-order valence-electron chi connectivity index (χ1n) is 6.64. The molecule has 0 aliphatic heterocycles. The maximum absolute atomic E-state index is 13.3. The van der Waals surface area contributed by atoms with E-state index in [0.29, 0.717) is 6.54 Å². The van der Waals surface area contributed by atoms with E-state index in [1.165, 1.54) is 6.07 Å². The highest BCUT2D eigenvalue weighted by Crippen LogP contribution is 2.27. The third-order valence-corrected chi connectivity index (χ3v) is 4.62. The van der Waals surface area contributed by atoms with Gasteiger partial charge in [0.25, 0.3) is 0 Å². The number of aromatic carboxylic acids is 1. The fraction of sp³-hybridized carbons (Fsp3) is 0.429. The first-order valence-corrected chi connectivity index (χ1v) is 7.96. The zero-order valence-electron chi connectivity index (χ0n) is 11.5. The van der Waals surface area contributed by atoms with Gasteiger partial charge in [-0.05, 0) is 38.0 Å². The van der Waals surface area contributed by atoms with Crippen LogP contribution in [-0.2, 0) is 15.6 Å². The summed E-state index contributed by atoms with van der Waals surface area (Å²) in [5.74, 6) is -2.75. The summed E-state index contributed by atoms with van der Waals surface area (Å²) in [7, 11) is -1.68. The van der Waals surface area contributed by atoms with Gasteiger partial charge in [-0.3, -0.25) is 9.00 Å². The fourth-order valence-corrected chi connectivity index (χ4v) is 3.14. The molecule has 0 bridgehead atoms. The van der Waals surface area contributed by atoms with Crippen molar-refractivity contribution in [3.8, 4) is 0 Å². The standard InChI is InChI=1S/C14H16FNO4S/c1-2-16(9-3-4-9)13(17)8-21(20)10-5-6-12(15)11(7-10)14(18)19/h5-7,9H,2-4,8H2,1H3,(H,18,19). The van der Waals surface area contributed by atoms with E-state index in [2.05, 4.69) is 0 Å². The second kappa shape index (κ2) is 6.34. The molecule has 1 atom stereocenters. The first-order chi connectivity index (χ1) is 9.93. The molecule has 1 amide bonds. The van der Waals surface area contributed by atoms with Gasteiger partial charge in [-0.1, -0.05) is 0 Å². The van der Waals surface area contributed by atoms with Crippen LogP contribution in [0.4, 0.5) is 4.39 Å². The van der Waals surface area contributed by atoms with Gasteiger partial charge in [0, 0.05) is 17.5 Å². The molecular formula is C14H16FNO4S. The van der Waals surface area contributed by atoms with E-state index in [9.17, 15) is 18.2 Å². The molecule has 1 saturated carbocycles. The Morgan fingerprint density at radius 2 is 2.10 bits per heavy atom. The molecule has 0 aromatic heterocycles. The van der Waals surface area contributed by atoms with E-state index in [0.717, 1.165) is 25.0 Å². The van der Waals surface area contributed by atoms with E-state index in [4.69, 9.17) is 5.11 Å². The number of carboxylic acids is 1. The van der Waals surface area contributed by atoms with Crippen LogP contribution >= 0.6 is 0 Å². The zero-order valence-corrected chi connectivity index (χ0v) is 12.4. The van der Waals surface area contributed by atoms with Gasteiger partial charge in [-0.15, -0.1) is 0 Å². The van der Waals surface area contributed by atoms with Gasteiger partial charge in [0.1, 0.15) is 11.6 Å². The van der Waals surface area contributed by atoms with Crippen LogP contribution in [0.2, 0.25) is 0 Å². The molecule has 1 aliphatic carbocycles. The Morgan fingerprint density at radius 1 is 1.43 bits per heavy atom. The first kappa shape index (κ1) is 15.6. The van der Waals surface area contributed by atoms with Crippen molar-refractivity contribution in [3.05, 3.63) is 29.6 Å². The van der Waals surface area contributed by atoms with Crippen molar-refractivity contribution >= 4 is 22.7 Å².